The van der Waals surface area contributed by atoms with Gasteiger partial charge in [-0.15, -0.1) is 11.8 Å². The van der Waals surface area contributed by atoms with Crippen LogP contribution in [0.25, 0.3) is 0 Å². The van der Waals surface area contributed by atoms with Crippen molar-refractivity contribution < 1.29 is 9.53 Å². The van der Waals surface area contributed by atoms with Crippen LogP contribution in [0.15, 0.2) is 29.2 Å². The minimum Gasteiger partial charge on any atom is -0.375 e. The van der Waals surface area contributed by atoms with Gasteiger partial charge in [-0.05, 0) is 45.1 Å². The number of nitrogens with zero attached hydrogens (tertiary/aromatic N) is 2. The van der Waals surface area contributed by atoms with E-state index in [0.717, 1.165) is 38.4 Å². The van der Waals surface area contributed by atoms with Gasteiger partial charge in [0.05, 0.1) is 19.1 Å². The van der Waals surface area contributed by atoms with Gasteiger partial charge in [0.25, 0.3) is 0 Å². The van der Waals surface area contributed by atoms with Gasteiger partial charge in [-0.1, -0.05) is 17.7 Å². The lowest BCUT2D eigenvalue weighted by molar-refractivity contribution is -0.135. The van der Waals surface area contributed by atoms with Crippen molar-refractivity contribution in [3.63, 3.8) is 0 Å². The van der Waals surface area contributed by atoms with Crippen LogP contribution in [-0.2, 0) is 9.53 Å². The van der Waals surface area contributed by atoms with Crippen LogP contribution < -0.4 is 0 Å². The number of ether oxygens (including phenoxy) is 1. The van der Waals surface area contributed by atoms with Gasteiger partial charge in [-0.25, -0.2) is 0 Å². The van der Waals surface area contributed by atoms with E-state index in [1.165, 1.54) is 10.5 Å². The molecule has 1 fully saturated rings. The SMILES string of the molecule is Cc1ccc(SCCCN(C)C(=O)C[C@H]2CN(C(C)C)CCO2)cc1. The second-order valence-corrected chi connectivity index (χ2v) is 8.28. The first-order chi connectivity index (χ1) is 12.0. The maximum atomic E-state index is 12.4. The highest BCUT2D eigenvalue weighted by molar-refractivity contribution is 7.99. The van der Waals surface area contributed by atoms with Gasteiger partial charge in [-0.2, -0.15) is 0 Å². The molecule has 0 unspecified atom stereocenters. The van der Waals surface area contributed by atoms with Crippen LogP contribution in [0.2, 0.25) is 0 Å². The lowest BCUT2D eigenvalue weighted by Gasteiger charge is -2.35. The average Bonchev–Trinajstić information content (AvgIpc) is 2.60. The van der Waals surface area contributed by atoms with Gasteiger partial charge in [0.2, 0.25) is 5.91 Å². The second-order valence-electron chi connectivity index (χ2n) is 7.12. The molecule has 0 radical (unpaired) electrons. The summed E-state index contributed by atoms with van der Waals surface area (Å²) in [5.41, 5.74) is 1.29. The molecule has 1 atom stereocenters. The summed E-state index contributed by atoms with van der Waals surface area (Å²) in [6.45, 7) is 9.86. The lowest BCUT2D eigenvalue weighted by atomic mass is 10.1. The van der Waals surface area contributed by atoms with E-state index >= 15 is 0 Å². The Morgan fingerprint density at radius 1 is 1.36 bits per heavy atom. The highest BCUT2D eigenvalue weighted by Gasteiger charge is 2.25. The summed E-state index contributed by atoms with van der Waals surface area (Å²) in [5.74, 6) is 1.22. The Morgan fingerprint density at radius 3 is 2.76 bits per heavy atom. The zero-order chi connectivity index (χ0) is 18.2. The minimum absolute atomic E-state index is 0.0352. The van der Waals surface area contributed by atoms with E-state index in [1.54, 1.807) is 0 Å². The van der Waals surface area contributed by atoms with Crippen LogP contribution in [0.1, 0.15) is 32.3 Å². The molecule has 25 heavy (non-hydrogen) atoms. The Hall–Kier alpha value is -1.04. The normalized spacial score (nSPS) is 18.5. The first-order valence-electron chi connectivity index (χ1n) is 9.25. The maximum absolute atomic E-state index is 12.4. The molecule has 0 aliphatic carbocycles. The molecule has 0 aromatic heterocycles. The van der Waals surface area contributed by atoms with Crippen molar-refractivity contribution in [1.82, 2.24) is 9.80 Å². The lowest BCUT2D eigenvalue weighted by Crippen LogP contribution is -2.47. The average molecular weight is 365 g/mol. The predicted molar refractivity (Wildman–Crippen MR) is 105 cm³/mol. The second kappa shape index (κ2) is 10.2. The van der Waals surface area contributed by atoms with Crippen LogP contribution in [0, 0.1) is 6.92 Å². The molecule has 1 amide bonds. The molecule has 1 heterocycles. The number of thioether (sulfide) groups is 1. The van der Waals surface area contributed by atoms with Gasteiger partial charge in [0, 0.05) is 37.6 Å². The maximum Gasteiger partial charge on any atom is 0.224 e. The molecule has 2 rings (SSSR count). The van der Waals surface area contributed by atoms with Crippen LogP contribution >= 0.6 is 11.8 Å². The molecule has 1 aliphatic rings. The third-order valence-corrected chi connectivity index (χ3v) is 5.75. The third-order valence-electron chi connectivity index (χ3n) is 4.66. The number of carbonyl (C=O) groups is 1. The molecule has 0 bridgehead atoms. The van der Waals surface area contributed by atoms with E-state index in [1.807, 2.05) is 23.7 Å². The molecule has 140 valence electrons. The summed E-state index contributed by atoms with van der Waals surface area (Å²) in [6.07, 6.45) is 1.53. The number of hydrogen-bond acceptors (Lipinski definition) is 4. The van der Waals surface area contributed by atoms with Crippen molar-refractivity contribution in [2.75, 3.05) is 39.0 Å². The fourth-order valence-corrected chi connectivity index (χ4v) is 3.77. The van der Waals surface area contributed by atoms with E-state index in [-0.39, 0.29) is 12.0 Å². The van der Waals surface area contributed by atoms with Crippen LogP contribution in [-0.4, -0.2) is 66.9 Å². The van der Waals surface area contributed by atoms with Crippen molar-refractivity contribution in [3.8, 4) is 0 Å². The largest absolute Gasteiger partial charge is 0.375 e. The molecular formula is C20H32N2O2S. The van der Waals surface area contributed by atoms with Gasteiger partial charge in [0.1, 0.15) is 0 Å². The number of rotatable bonds is 8. The molecule has 1 saturated heterocycles. The van der Waals surface area contributed by atoms with Crippen molar-refractivity contribution in [3.05, 3.63) is 29.8 Å². The summed E-state index contributed by atoms with van der Waals surface area (Å²) in [5, 5.41) is 0. The predicted octanol–water partition coefficient (Wildman–Crippen LogP) is 3.43. The quantitative estimate of drug-likeness (QED) is 0.523. The van der Waals surface area contributed by atoms with Crippen LogP contribution in [0.3, 0.4) is 0 Å². The zero-order valence-electron chi connectivity index (χ0n) is 16.0. The number of carbonyl (C=O) groups excluding carboxylic acids is 1. The van der Waals surface area contributed by atoms with Crippen LogP contribution in [0.4, 0.5) is 0 Å². The standard InChI is InChI=1S/C20H32N2O2S/c1-16(2)22-11-12-24-18(15-22)14-20(23)21(4)10-5-13-25-19-8-6-17(3)7-9-19/h6-9,16,18H,5,10-15H2,1-4H3/t18-/m0/s1. The number of morpholine rings is 1. The van der Waals surface area contributed by atoms with Crippen molar-refractivity contribution in [2.24, 2.45) is 0 Å². The number of amides is 1. The molecule has 4 nitrogen and oxygen atoms in total. The first-order valence-corrected chi connectivity index (χ1v) is 10.2. The molecular weight excluding hydrogens is 332 g/mol. The molecule has 5 heteroatoms. The Balaban J connectivity index is 1.65. The zero-order valence-corrected chi connectivity index (χ0v) is 16.8. The third kappa shape index (κ3) is 7.00. The van der Waals surface area contributed by atoms with Crippen LogP contribution in [0.5, 0.6) is 0 Å². The Morgan fingerprint density at radius 2 is 2.08 bits per heavy atom. The molecule has 0 N–H and O–H groups in total. The van der Waals surface area contributed by atoms with Gasteiger partial charge < -0.3 is 9.64 Å². The number of benzene rings is 1. The van der Waals surface area contributed by atoms with Crippen molar-refractivity contribution in [1.29, 1.82) is 0 Å². The Labute approximate surface area is 156 Å². The smallest absolute Gasteiger partial charge is 0.224 e. The molecule has 0 saturated carbocycles. The van der Waals surface area contributed by atoms with E-state index in [4.69, 9.17) is 4.74 Å². The monoisotopic (exact) mass is 364 g/mol. The molecule has 0 spiro atoms. The van der Waals surface area contributed by atoms with Gasteiger partial charge in [-0.3, -0.25) is 9.69 Å². The molecule has 1 aliphatic heterocycles. The topological polar surface area (TPSA) is 32.8 Å². The molecule has 1 aromatic carbocycles. The van der Waals surface area contributed by atoms with Gasteiger partial charge >= 0.3 is 0 Å². The summed E-state index contributed by atoms with van der Waals surface area (Å²) < 4.78 is 5.78. The summed E-state index contributed by atoms with van der Waals surface area (Å²) in [7, 11) is 1.90. The minimum atomic E-state index is 0.0352. The molecule has 1 aromatic rings. The fraction of sp³-hybridized carbons (Fsp3) is 0.650. The van der Waals surface area contributed by atoms with Gasteiger partial charge in [0.15, 0.2) is 0 Å². The number of hydrogen-bond donors (Lipinski definition) is 0. The highest BCUT2D eigenvalue weighted by Crippen LogP contribution is 2.19. The summed E-state index contributed by atoms with van der Waals surface area (Å²) in [6, 6.07) is 9.12. The van der Waals surface area contributed by atoms with E-state index in [9.17, 15) is 4.79 Å². The van der Waals surface area contributed by atoms with E-state index in [2.05, 4.69) is 49.9 Å². The Kier molecular flexibility index (Phi) is 8.27. The Bertz CT molecular complexity index is 533. The van der Waals surface area contributed by atoms with Crippen molar-refractivity contribution in [2.45, 2.75) is 50.7 Å². The van der Waals surface area contributed by atoms with E-state index in [0.29, 0.717) is 12.5 Å². The first kappa shape index (κ1) is 20.3. The number of aryl methyl sites for hydroxylation is 1. The van der Waals surface area contributed by atoms with Crippen molar-refractivity contribution >= 4 is 17.7 Å². The highest BCUT2D eigenvalue weighted by atomic mass is 32.2. The van der Waals surface area contributed by atoms with E-state index < -0.39 is 0 Å². The fourth-order valence-electron chi connectivity index (χ4n) is 2.94. The summed E-state index contributed by atoms with van der Waals surface area (Å²) in [4.78, 5) is 17.9. The summed E-state index contributed by atoms with van der Waals surface area (Å²) >= 11 is 1.85.